The van der Waals surface area contributed by atoms with Crippen molar-refractivity contribution in [3.63, 3.8) is 0 Å². The SMILES string of the molecule is O=C(c1ccc2nccnc2c1)N(CC1CCOC1)C1CCCC(c2ccccc2)C1. The number of carbonyl (C=O) groups excluding carboxylic acids is 1. The maximum Gasteiger partial charge on any atom is 0.254 e. The molecule has 2 aliphatic rings. The Labute approximate surface area is 183 Å². The quantitative estimate of drug-likeness (QED) is 0.599. The molecule has 160 valence electrons. The molecule has 1 amide bonds. The molecule has 1 aliphatic heterocycles. The standard InChI is InChI=1S/C26H29N3O2/c30-26(22-9-10-24-25(16-22)28-13-12-27-24)29(17-19-11-14-31-18-19)23-8-4-7-21(15-23)20-5-2-1-3-6-20/h1-3,5-6,9-10,12-13,16,19,21,23H,4,7-8,11,14-15,17-18H2. The first-order valence-electron chi connectivity index (χ1n) is 11.4. The lowest BCUT2D eigenvalue weighted by atomic mass is 9.80. The van der Waals surface area contributed by atoms with Crippen LogP contribution in [0.5, 0.6) is 0 Å². The van der Waals surface area contributed by atoms with E-state index in [4.69, 9.17) is 4.74 Å². The van der Waals surface area contributed by atoms with Crippen LogP contribution in [0.25, 0.3) is 11.0 Å². The van der Waals surface area contributed by atoms with Gasteiger partial charge in [0.25, 0.3) is 5.91 Å². The number of hydrogen-bond acceptors (Lipinski definition) is 4. The van der Waals surface area contributed by atoms with Crippen molar-refractivity contribution in [2.75, 3.05) is 19.8 Å². The molecule has 2 fully saturated rings. The summed E-state index contributed by atoms with van der Waals surface area (Å²) in [5.74, 6) is 1.04. The summed E-state index contributed by atoms with van der Waals surface area (Å²) in [4.78, 5) is 24.6. The van der Waals surface area contributed by atoms with Gasteiger partial charge >= 0.3 is 0 Å². The Bertz CT molecular complexity index is 1030. The van der Waals surface area contributed by atoms with Gasteiger partial charge in [0.1, 0.15) is 0 Å². The first-order valence-corrected chi connectivity index (χ1v) is 11.4. The van der Waals surface area contributed by atoms with Crippen LogP contribution < -0.4 is 0 Å². The van der Waals surface area contributed by atoms with E-state index in [1.165, 1.54) is 12.0 Å². The molecule has 1 saturated heterocycles. The van der Waals surface area contributed by atoms with Crippen LogP contribution in [0, 0.1) is 5.92 Å². The van der Waals surface area contributed by atoms with Crippen molar-refractivity contribution < 1.29 is 9.53 Å². The zero-order valence-corrected chi connectivity index (χ0v) is 17.8. The zero-order valence-electron chi connectivity index (χ0n) is 17.8. The van der Waals surface area contributed by atoms with Gasteiger partial charge in [0.2, 0.25) is 0 Å². The smallest absolute Gasteiger partial charge is 0.254 e. The maximum atomic E-state index is 13.8. The van der Waals surface area contributed by atoms with E-state index in [0.717, 1.165) is 56.5 Å². The van der Waals surface area contributed by atoms with Crippen molar-refractivity contribution in [3.05, 3.63) is 72.1 Å². The van der Waals surface area contributed by atoms with Gasteiger partial charge in [-0.1, -0.05) is 36.8 Å². The molecule has 1 aromatic heterocycles. The molecule has 31 heavy (non-hydrogen) atoms. The molecule has 1 aliphatic carbocycles. The van der Waals surface area contributed by atoms with E-state index in [-0.39, 0.29) is 11.9 Å². The Morgan fingerprint density at radius 3 is 2.65 bits per heavy atom. The fourth-order valence-electron chi connectivity index (χ4n) is 5.14. The van der Waals surface area contributed by atoms with Crippen LogP contribution in [-0.4, -0.2) is 46.6 Å². The Morgan fingerprint density at radius 1 is 1.00 bits per heavy atom. The number of carbonyl (C=O) groups is 1. The number of rotatable bonds is 5. The molecule has 0 N–H and O–H groups in total. The topological polar surface area (TPSA) is 55.3 Å². The minimum atomic E-state index is 0.109. The van der Waals surface area contributed by atoms with Gasteiger partial charge in [-0.15, -0.1) is 0 Å². The van der Waals surface area contributed by atoms with Crippen molar-refractivity contribution in [1.29, 1.82) is 0 Å². The van der Waals surface area contributed by atoms with Crippen LogP contribution >= 0.6 is 0 Å². The van der Waals surface area contributed by atoms with E-state index in [0.29, 0.717) is 17.4 Å². The predicted octanol–water partition coefficient (Wildman–Crippen LogP) is 4.83. The molecule has 5 heteroatoms. The molecule has 2 heterocycles. The van der Waals surface area contributed by atoms with E-state index in [1.54, 1.807) is 12.4 Å². The monoisotopic (exact) mass is 415 g/mol. The Kier molecular flexibility index (Phi) is 5.94. The van der Waals surface area contributed by atoms with Gasteiger partial charge in [-0.05, 0) is 55.4 Å². The zero-order chi connectivity index (χ0) is 21.0. The third kappa shape index (κ3) is 4.47. The van der Waals surface area contributed by atoms with E-state index in [2.05, 4.69) is 45.2 Å². The molecule has 2 aromatic carbocycles. The highest BCUT2D eigenvalue weighted by atomic mass is 16.5. The fourth-order valence-corrected chi connectivity index (χ4v) is 5.14. The second kappa shape index (κ2) is 9.15. The highest BCUT2D eigenvalue weighted by molar-refractivity contribution is 5.97. The molecular weight excluding hydrogens is 386 g/mol. The maximum absolute atomic E-state index is 13.8. The molecule has 3 atom stereocenters. The number of benzene rings is 2. The summed E-state index contributed by atoms with van der Waals surface area (Å²) in [5.41, 5.74) is 3.68. The Morgan fingerprint density at radius 2 is 1.84 bits per heavy atom. The van der Waals surface area contributed by atoms with Crippen molar-refractivity contribution in [1.82, 2.24) is 14.9 Å². The van der Waals surface area contributed by atoms with Crippen molar-refractivity contribution in [2.24, 2.45) is 5.92 Å². The Balaban J connectivity index is 1.42. The number of fused-ring (bicyclic) bond motifs is 1. The molecule has 1 saturated carbocycles. The largest absolute Gasteiger partial charge is 0.381 e. The van der Waals surface area contributed by atoms with E-state index in [1.807, 2.05) is 18.2 Å². The number of nitrogens with zero attached hydrogens (tertiary/aromatic N) is 3. The number of hydrogen-bond donors (Lipinski definition) is 0. The van der Waals surface area contributed by atoms with E-state index >= 15 is 0 Å². The van der Waals surface area contributed by atoms with Crippen LogP contribution in [0.2, 0.25) is 0 Å². The summed E-state index contributed by atoms with van der Waals surface area (Å²) < 4.78 is 5.62. The predicted molar refractivity (Wildman–Crippen MR) is 121 cm³/mol. The number of amides is 1. The van der Waals surface area contributed by atoms with Gasteiger partial charge < -0.3 is 9.64 Å². The highest BCUT2D eigenvalue weighted by Gasteiger charge is 2.33. The minimum Gasteiger partial charge on any atom is -0.381 e. The summed E-state index contributed by atoms with van der Waals surface area (Å²) in [6.45, 7) is 2.32. The first-order chi connectivity index (χ1) is 15.3. The molecule has 3 aromatic rings. The van der Waals surface area contributed by atoms with Gasteiger partial charge in [-0.25, -0.2) is 0 Å². The highest BCUT2D eigenvalue weighted by Crippen LogP contribution is 2.36. The number of aromatic nitrogens is 2. The van der Waals surface area contributed by atoms with Gasteiger partial charge in [0.05, 0.1) is 17.6 Å². The normalized spacial score (nSPS) is 23.7. The second-order valence-corrected chi connectivity index (χ2v) is 8.88. The van der Waals surface area contributed by atoms with Crippen LogP contribution in [0.3, 0.4) is 0 Å². The van der Waals surface area contributed by atoms with Crippen LogP contribution in [0.1, 0.15) is 53.9 Å². The molecule has 5 rings (SSSR count). The summed E-state index contributed by atoms with van der Waals surface area (Å²) in [6, 6.07) is 16.7. The average Bonchev–Trinajstić information content (AvgIpc) is 3.36. The van der Waals surface area contributed by atoms with Crippen molar-refractivity contribution in [2.45, 2.75) is 44.1 Å². The van der Waals surface area contributed by atoms with Crippen molar-refractivity contribution >= 4 is 16.9 Å². The van der Waals surface area contributed by atoms with E-state index < -0.39 is 0 Å². The third-order valence-corrected chi connectivity index (χ3v) is 6.81. The molecule has 3 unspecified atom stereocenters. The lowest BCUT2D eigenvalue weighted by Crippen LogP contribution is -2.45. The van der Waals surface area contributed by atoms with Gasteiger partial charge in [0, 0.05) is 43.1 Å². The minimum absolute atomic E-state index is 0.109. The van der Waals surface area contributed by atoms with Crippen molar-refractivity contribution in [3.8, 4) is 0 Å². The Hall–Kier alpha value is -2.79. The fraction of sp³-hybridized carbons (Fsp3) is 0.423. The second-order valence-electron chi connectivity index (χ2n) is 8.88. The average molecular weight is 416 g/mol. The summed E-state index contributed by atoms with van der Waals surface area (Å²) >= 11 is 0. The third-order valence-electron chi connectivity index (χ3n) is 6.81. The molecule has 0 bridgehead atoms. The molecule has 5 nitrogen and oxygen atoms in total. The van der Waals surface area contributed by atoms with Gasteiger partial charge in [-0.3, -0.25) is 14.8 Å². The molecule has 0 radical (unpaired) electrons. The summed E-state index contributed by atoms with van der Waals surface area (Å²) in [6.07, 6.45) is 8.82. The lowest BCUT2D eigenvalue weighted by Gasteiger charge is -2.39. The van der Waals surface area contributed by atoms with Crippen LogP contribution in [0.15, 0.2) is 60.9 Å². The lowest BCUT2D eigenvalue weighted by molar-refractivity contribution is 0.0569. The van der Waals surface area contributed by atoms with Gasteiger partial charge in [-0.2, -0.15) is 0 Å². The number of ether oxygens (including phenoxy) is 1. The van der Waals surface area contributed by atoms with Gasteiger partial charge in [0.15, 0.2) is 0 Å². The van der Waals surface area contributed by atoms with E-state index in [9.17, 15) is 4.79 Å². The van der Waals surface area contributed by atoms with Crippen LogP contribution in [-0.2, 0) is 4.74 Å². The summed E-state index contributed by atoms with van der Waals surface area (Å²) in [5, 5.41) is 0. The molecule has 0 spiro atoms. The summed E-state index contributed by atoms with van der Waals surface area (Å²) in [7, 11) is 0. The first kappa shape index (κ1) is 20.1. The van der Waals surface area contributed by atoms with Crippen LogP contribution in [0.4, 0.5) is 0 Å². The molecular formula is C26H29N3O2.